The van der Waals surface area contributed by atoms with Gasteiger partial charge in [0.15, 0.2) is 16.7 Å². The average Bonchev–Trinajstić information content (AvgIpc) is 3.07. The molecule has 0 saturated heterocycles. The molecule has 2 amide bonds. The minimum Gasteiger partial charge on any atom is -0.488 e. The number of nitrogens with one attached hydrogen (secondary N) is 3. The van der Waals surface area contributed by atoms with Gasteiger partial charge < -0.3 is 25.3 Å². The van der Waals surface area contributed by atoms with E-state index in [-0.39, 0.29) is 47.5 Å². The third-order valence-electron chi connectivity index (χ3n) is 6.95. The van der Waals surface area contributed by atoms with Crippen LogP contribution in [0.25, 0.3) is 0 Å². The zero-order valence-corrected chi connectivity index (χ0v) is 31.9. The number of ether oxygens (including phenoxy) is 1. The molecule has 0 unspecified atom stereocenters. The molecule has 12 nitrogen and oxygen atoms in total. The molecule has 2 heterocycles. The van der Waals surface area contributed by atoms with Gasteiger partial charge in [-0.3, -0.25) is 23.7 Å². The van der Waals surface area contributed by atoms with Gasteiger partial charge in [-0.15, -0.1) is 0 Å². The number of nitrogens with zero attached hydrogens (tertiary/aromatic N) is 4. The van der Waals surface area contributed by atoms with Gasteiger partial charge in [0.25, 0.3) is 11.1 Å². The van der Waals surface area contributed by atoms with Gasteiger partial charge in [-0.05, 0) is 67.1 Å². The Kier molecular flexibility index (Phi) is 14.6. The highest BCUT2D eigenvalue weighted by Crippen LogP contribution is 2.26. The maximum absolute atomic E-state index is 14.4. The van der Waals surface area contributed by atoms with E-state index in [2.05, 4.69) is 25.9 Å². The molecule has 16 heteroatoms. The number of amides is 2. The zero-order valence-electron chi connectivity index (χ0n) is 29.6. The molecule has 2 aromatic heterocycles. The lowest BCUT2D eigenvalue weighted by Gasteiger charge is -2.19. The molecule has 3 N–H and O–H groups in total. The molecule has 0 bridgehead atoms. The van der Waals surface area contributed by atoms with E-state index in [1.807, 2.05) is 35.8 Å². The summed E-state index contributed by atoms with van der Waals surface area (Å²) in [6.07, 6.45) is -0.172. The number of aromatic nitrogens is 4. The van der Waals surface area contributed by atoms with Gasteiger partial charge in [-0.1, -0.05) is 66.2 Å². The average molecular weight is 783 g/mol. The van der Waals surface area contributed by atoms with Crippen molar-refractivity contribution in [3.8, 4) is 5.75 Å². The molecule has 0 radical (unpaired) electrons. The molecule has 0 saturated carbocycles. The van der Waals surface area contributed by atoms with Crippen LogP contribution in [0.5, 0.6) is 5.75 Å². The second-order valence-electron chi connectivity index (χ2n) is 11.7. The third-order valence-corrected chi connectivity index (χ3v) is 8.31. The van der Waals surface area contributed by atoms with Crippen molar-refractivity contribution in [2.75, 3.05) is 21.7 Å². The quantitative estimate of drug-likeness (QED) is 0.0860. The molecule has 0 aliphatic rings. The van der Waals surface area contributed by atoms with Crippen molar-refractivity contribution in [2.45, 2.75) is 59.0 Å². The molecule has 0 aliphatic heterocycles. The topological polar surface area (TPSA) is 149 Å². The standard InChI is InChI=1S/C22H22ClFN4O3.C15H16ClN3O2S/c1-13(2)31-19-9-8-17(10-18(19)24)26-22-27-21(30)11-20(25-14(3)29)28(22)12-15-4-6-16(23)7-5-15;1-3-22-15-18-14(21)8-13(17-10(2)20)19(15)9-11-4-6-12(16)7-5-11/h4-11,13H,12H2,1-3H3,(H,25,29)(H,26,27,30);4-8H,3,9H2,1-2H3,(H,17,20). The Bertz CT molecular complexity index is 2180. The number of rotatable bonds is 12. The fourth-order valence-electron chi connectivity index (χ4n) is 4.81. The first kappa shape index (κ1) is 40.6. The predicted molar refractivity (Wildman–Crippen MR) is 209 cm³/mol. The van der Waals surface area contributed by atoms with Crippen molar-refractivity contribution in [2.24, 2.45) is 0 Å². The van der Waals surface area contributed by atoms with Crippen LogP contribution < -0.4 is 31.8 Å². The van der Waals surface area contributed by atoms with E-state index in [1.54, 1.807) is 48.7 Å². The summed E-state index contributed by atoms with van der Waals surface area (Å²) in [5.41, 5.74) is 1.30. The van der Waals surface area contributed by atoms with Crippen molar-refractivity contribution in [1.29, 1.82) is 0 Å². The number of anilines is 4. The monoisotopic (exact) mass is 781 g/mol. The van der Waals surface area contributed by atoms with Crippen LogP contribution in [0.4, 0.5) is 27.7 Å². The lowest BCUT2D eigenvalue weighted by molar-refractivity contribution is -0.115. The fourth-order valence-corrected chi connectivity index (χ4v) is 5.79. The highest BCUT2D eigenvalue weighted by Gasteiger charge is 2.15. The lowest BCUT2D eigenvalue weighted by atomic mass is 10.2. The largest absolute Gasteiger partial charge is 0.488 e. The maximum atomic E-state index is 14.4. The first-order valence-corrected chi connectivity index (χ1v) is 18.1. The van der Waals surface area contributed by atoms with Crippen LogP contribution in [-0.4, -0.2) is 42.8 Å². The van der Waals surface area contributed by atoms with Crippen molar-refractivity contribution in [3.05, 3.63) is 127 Å². The normalized spacial score (nSPS) is 10.7. The number of carbonyl (C=O) groups is 2. The minimum absolute atomic E-state index is 0.124. The Balaban J connectivity index is 0.000000251. The van der Waals surface area contributed by atoms with E-state index >= 15 is 0 Å². The second-order valence-corrected chi connectivity index (χ2v) is 13.8. The number of thioether (sulfide) groups is 1. The van der Waals surface area contributed by atoms with Gasteiger partial charge in [0.1, 0.15) is 11.6 Å². The number of hydrogen-bond donors (Lipinski definition) is 3. The summed E-state index contributed by atoms with van der Waals surface area (Å²) >= 11 is 13.3. The zero-order chi connectivity index (χ0) is 38.7. The first-order chi connectivity index (χ1) is 25.2. The lowest BCUT2D eigenvalue weighted by Crippen LogP contribution is -2.22. The van der Waals surface area contributed by atoms with Crippen LogP contribution >= 0.6 is 35.0 Å². The molecular formula is C37H38Cl2FN7O5S. The molecule has 5 aromatic rings. The second kappa shape index (κ2) is 19.1. The van der Waals surface area contributed by atoms with Gasteiger partial charge in [0.2, 0.25) is 17.8 Å². The highest BCUT2D eigenvalue weighted by atomic mass is 35.5. The van der Waals surface area contributed by atoms with Gasteiger partial charge in [0.05, 0.1) is 19.2 Å². The van der Waals surface area contributed by atoms with E-state index in [1.165, 1.54) is 49.9 Å². The predicted octanol–water partition coefficient (Wildman–Crippen LogP) is 7.59. The van der Waals surface area contributed by atoms with Crippen molar-refractivity contribution in [3.63, 3.8) is 0 Å². The molecule has 278 valence electrons. The van der Waals surface area contributed by atoms with E-state index in [9.17, 15) is 23.6 Å². The summed E-state index contributed by atoms with van der Waals surface area (Å²) in [5, 5.41) is 10.1. The van der Waals surface area contributed by atoms with Crippen LogP contribution in [0.15, 0.2) is 93.6 Å². The number of halogens is 3. The van der Waals surface area contributed by atoms with Crippen LogP contribution in [-0.2, 0) is 22.7 Å². The molecule has 0 atom stereocenters. The van der Waals surface area contributed by atoms with Crippen LogP contribution in [0.3, 0.4) is 0 Å². The van der Waals surface area contributed by atoms with Crippen molar-refractivity contribution < 1.29 is 18.7 Å². The Labute approximate surface area is 319 Å². The summed E-state index contributed by atoms with van der Waals surface area (Å²) in [4.78, 5) is 54.9. The Hall–Kier alpha value is -5.18. The smallest absolute Gasteiger partial charge is 0.276 e. The van der Waals surface area contributed by atoms with Gasteiger partial charge in [-0.2, -0.15) is 9.97 Å². The van der Waals surface area contributed by atoms with Gasteiger partial charge in [0, 0.05) is 47.8 Å². The molecule has 53 heavy (non-hydrogen) atoms. The van der Waals surface area contributed by atoms with Gasteiger partial charge >= 0.3 is 0 Å². The van der Waals surface area contributed by atoms with E-state index in [0.29, 0.717) is 33.3 Å². The molecule has 3 aromatic carbocycles. The summed E-state index contributed by atoms with van der Waals surface area (Å²) in [5.74, 6) is 0.607. The summed E-state index contributed by atoms with van der Waals surface area (Å²) in [6, 6.07) is 21.4. The van der Waals surface area contributed by atoms with Crippen molar-refractivity contribution in [1.82, 2.24) is 19.1 Å². The maximum Gasteiger partial charge on any atom is 0.276 e. The van der Waals surface area contributed by atoms with Gasteiger partial charge in [-0.25, -0.2) is 4.39 Å². The summed E-state index contributed by atoms with van der Waals surface area (Å²) in [7, 11) is 0. The number of carbonyl (C=O) groups excluding carboxylic acids is 2. The van der Waals surface area contributed by atoms with Crippen molar-refractivity contribution >= 4 is 70.0 Å². The highest BCUT2D eigenvalue weighted by molar-refractivity contribution is 7.99. The summed E-state index contributed by atoms with van der Waals surface area (Å²) in [6.45, 7) is 9.10. The minimum atomic E-state index is -0.557. The molecule has 0 fully saturated rings. The van der Waals surface area contributed by atoms with E-state index in [4.69, 9.17) is 27.9 Å². The van der Waals surface area contributed by atoms with E-state index in [0.717, 1.165) is 16.9 Å². The summed E-state index contributed by atoms with van der Waals surface area (Å²) < 4.78 is 23.3. The SMILES string of the molecule is CC(=O)Nc1cc(=O)nc(Nc2ccc(OC(C)C)c(F)c2)n1Cc1ccc(Cl)cc1.CCSc1nc(=O)cc(NC(C)=O)n1Cc1ccc(Cl)cc1. The molecular weight excluding hydrogens is 744 g/mol. The Morgan fingerprint density at radius 2 is 1.30 bits per heavy atom. The van der Waals surface area contributed by atoms with E-state index < -0.39 is 11.4 Å². The Morgan fingerprint density at radius 1 is 0.792 bits per heavy atom. The molecule has 0 aliphatic carbocycles. The number of hydrogen-bond acceptors (Lipinski definition) is 9. The fraction of sp³-hybridized carbons (Fsp3) is 0.243. The molecule has 5 rings (SSSR count). The first-order valence-electron chi connectivity index (χ1n) is 16.3. The van der Waals surface area contributed by atoms with Crippen LogP contribution in [0.2, 0.25) is 10.0 Å². The Morgan fingerprint density at radius 3 is 1.79 bits per heavy atom. The van der Waals surface area contributed by atoms with Crippen LogP contribution in [0, 0.1) is 5.82 Å². The molecule has 0 spiro atoms. The third kappa shape index (κ3) is 12.5. The number of benzene rings is 3. The van der Waals surface area contributed by atoms with Crippen LogP contribution in [0.1, 0.15) is 45.7 Å².